The zero-order chi connectivity index (χ0) is 31.3. The summed E-state index contributed by atoms with van der Waals surface area (Å²) in [4.78, 5) is 72.8. The summed E-state index contributed by atoms with van der Waals surface area (Å²) in [5.41, 5.74) is -0.0546. The van der Waals surface area contributed by atoms with Crippen LogP contribution >= 0.6 is 0 Å². The molecule has 12 nitrogen and oxygen atoms in total. The number of carbonyl (C=O) groups excluding carboxylic acids is 4. The molecular formula is C32H35N7O5. The van der Waals surface area contributed by atoms with Crippen LogP contribution in [0.15, 0.2) is 78.5 Å². The number of amides is 4. The van der Waals surface area contributed by atoms with Crippen molar-refractivity contribution in [2.75, 3.05) is 11.9 Å². The fourth-order valence-electron chi connectivity index (χ4n) is 5.67. The van der Waals surface area contributed by atoms with Crippen molar-refractivity contribution in [3.8, 4) is 0 Å². The molecule has 0 unspecified atom stereocenters. The molecule has 3 aliphatic carbocycles. The van der Waals surface area contributed by atoms with Crippen molar-refractivity contribution >= 4 is 40.2 Å². The molecule has 44 heavy (non-hydrogen) atoms. The fraction of sp³-hybridized carbons (Fsp3) is 0.344. The van der Waals surface area contributed by atoms with Crippen LogP contribution in [0.3, 0.4) is 0 Å². The summed E-state index contributed by atoms with van der Waals surface area (Å²) in [6.07, 6.45) is 11.5. The van der Waals surface area contributed by atoms with E-state index in [2.05, 4.69) is 44.7 Å². The minimum atomic E-state index is -1.07. The quantitative estimate of drug-likeness (QED) is 0.173. The molecule has 12 heteroatoms. The molecule has 3 saturated carbocycles. The normalized spacial score (nSPS) is 20.6. The van der Waals surface area contributed by atoms with Crippen LogP contribution in [0.2, 0.25) is 0 Å². The second-order valence-electron chi connectivity index (χ2n) is 11.3. The lowest BCUT2D eigenvalue weighted by molar-refractivity contribution is -0.151. The van der Waals surface area contributed by atoms with Crippen molar-refractivity contribution in [1.82, 2.24) is 30.5 Å². The van der Waals surface area contributed by atoms with Crippen molar-refractivity contribution < 1.29 is 19.2 Å². The standard InChI is InChI=1S/C32H35N7O5/c1-3-13-34-27(40)9-5-4-7-24(36-30(43)25-11-10-21-18-33-14-12-23(21)35-25)29(42)37-26-8-6-15-39(31(26)44)19-28(41)38-32-16-22(17-32)20(32)2/h3,5-6,8-12,14-15,18,20,22,24H,1,4,7,13,16-17,19H2,2H3,(H,34,40)(H,36,43)(H,37,42)(H,38,41)/b9-5+/t20-,22?,24-,32?/m0/s1. The van der Waals surface area contributed by atoms with Gasteiger partial charge in [0.05, 0.1) is 5.52 Å². The molecule has 3 heterocycles. The number of aromatic nitrogens is 3. The Morgan fingerprint density at radius 3 is 2.73 bits per heavy atom. The highest BCUT2D eigenvalue weighted by atomic mass is 16.2. The summed E-state index contributed by atoms with van der Waals surface area (Å²) in [6.45, 7) is 5.81. The van der Waals surface area contributed by atoms with Gasteiger partial charge in [0.15, 0.2) is 0 Å². The summed E-state index contributed by atoms with van der Waals surface area (Å²) in [7, 11) is 0. The monoisotopic (exact) mass is 597 g/mol. The van der Waals surface area contributed by atoms with E-state index in [0.29, 0.717) is 23.9 Å². The predicted octanol–water partition coefficient (Wildman–Crippen LogP) is 2.08. The first-order chi connectivity index (χ1) is 21.2. The molecule has 2 bridgehead atoms. The summed E-state index contributed by atoms with van der Waals surface area (Å²) in [5, 5.41) is 11.8. The van der Waals surface area contributed by atoms with E-state index >= 15 is 0 Å². The Hall–Kier alpha value is -5.13. The number of carbonyl (C=O) groups is 4. The van der Waals surface area contributed by atoms with E-state index in [4.69, 9.17) is 0 Å². The molecule has 4 N–H and O–H groups in total. The van der Waals surface area contributed by atoms with E-state index < -0.39 is 23.4 Å². The van der Waals surface area contributed by atoms with E-state index in [0.717, 1.165) is 18.2 Å². The molecule has 2 atom stereocenters. The second kappa shape index (κ2) is 13.0. The van der Waals surface area contributed by atoms with Crippen LogP contribution in [0, 0.1) is 11.8 Å². The zero-order valence-corrected chi connectivity index (χ0v) is 24.4. The van der Waals surface area contributed by atoms with Crippen LogP contribution in [0.5, 0.6) is 0 Å². The van der Waals surface area contributed by atoms with Crippen molar-refractivity contribution in [1.29, 1.82) is 0 Å². The van der Waals surface area contributed by atoms with Crippen LogP contribution < -0.4 is 26.8 Å². The molecule has 228 valence electrons. The van der Waals surface area contributed by atoms with Crippen molar-refractivity contribution in [2.24, 2.45) is 11.8 Å². The number of allylic oxidation sites excluding steroid dienone is 1. The van der Waals surface area contributed by atoms with Gasteiger partial charge < -0.3 is 25.8 Å². The Kier molecular flexibility index (Phi) is 8.98. The SMILES string of the molecule is C=CCNC(=O)/C=C/CC[C@H](NC(=O)c1ccc2cnccc2n1)C(=O)Nc1cccn(CC(=O)NC23CC(C2)[C@@H]3C)c1=O. The topological polar surface area (TPSA) is 164 Å². The maximum absolute atomic E-state index is 13.4. The molecule has 3 fully saturated rings. The van der Waals surface area contributed by atoms with E-state index in [1.54, 1.807) is 42.7 Å². The highest BCUT2D eigenvalue weighted by Crippen LogP contribution is 2.61. The molecular weight excluding hydrogens is 562 g/mol. The molecule has 0 aromatic carbocycles. The molecule has 6 rings (SSSR count). The average Bonchev–Trinajstić information content (AvgIpc) is 3.01. The third kappa shape index (κ3) is 6.59. The number of anilines is 1. The predicted molar refractivity (Wildman–Crippen MR) is 164 cm³/mol. The highest BCUT2D eigenvalue weighted by Gasteiger charge is 2.63. The van der Waals surface area contributed by atoms with Gasteiger partial charge in [0.25, 0.3) is 11.5 Å². The van der Waals surface area contributed by atoms with Crippen LogP contribution in [0.1, 0.15) is 43.1 Å². The Morgan fingerprint density at radius 1 is 1.18 bits per heavy atom. The largest absolute Gasteiger partial charge is 0.349 e. The lowest BCUT2D eigenvalue weighted by Gasteiger charge is -2.67. The van der Waals surface area contributed by atoms with Gasteiger partial charge in [0, 0.05) is 36.1 Å². The van der Waals surface area contributed by atoms with Gasteiger partial charge in [-0.1, -0.05) is 19.1 Å². The van der Waals surface area contributed by atoms with E-state index in [1.165, 1.54) is 29.0 Å². The fourth-order valence-corrected chi connectivity index (χ4v) is 5.67. The smallest absolute Gasteiger partial charge is 0.274 e. The Labute approximate surface area is 254 Å². The van der Waals surface area contributed by atoms with Gasteiger partial charge in [-0.25, -0.2) is 4.98 Å². The number of nitrogens with one attached hydrogen (secondary N) is 4. The van der Waals surface area contributed by atoms with Gasteiger partial charge in [-0.05, 0) is 73.9 Å². The Bertz CT molecular complexity index is 1690. The number of rotatable bonds is 13. The van der Waals surface area contributed by atoms with E-state index in [1.807, 2.05) is 0 Å². The van der Waals surface area contributed by atoms with Crippen LogP contribution in [0.25, 0.3) is 10.9 Å². The molecule has 0 spiro atoms. The first-order valence-electron chi connectivity index (χ1n) is 14.6. The number of hydrogen-bond donors (Lipinski definition) is 4. The molecule has 3 aliphatic rings. The summed E-state index contributed by atoms with van der Waals surface area (Å²) in [5.74, 6) is -0.671. The zero-order valence-electron chi connectivity index (χ0n) is 24.4. The number of nitrogens with zero attached hydrogens (tertiary/aromatic N) is 3. The van der Waals surface area contributed by atoms with E-state index in [-0.39, 0.29) is 48.1 Å². The molecule has 0 aliphatic heterocycles. The van der Waals surface area contributed by atoms with E-state index in [9.17, 15) is 24.0 Å². The molecule has 3 aromatic rings. The van der Waals surface area contributed by atoms with Crippen LogP contribution in [-0.4, -0.2) is 56.3 Å². The Morgan fingerprint density at radius 2 is 2.00 bits per heavy atom. The van der Waals surface area contributed by atoms with Gasteiger partial charge in [-0.3, -0.25) is 29.0 Å². The van der Waals surface area contributed by atoms with Gasteiger partial charge >= 0.3 is 0 Å². The van der Waals surface area contributed by atoms with Gasteiger partial charge in [-0.2, -0.15) is 0 Å². The summed E-state index contributed by atoms with van der Waals surface area (Å²) < 4.78 is 1.24. The number of fused-ring (bicyclic) bond motifs is 1. The molecule has 0 radical (unpaired) electrons. The van der Waals surface area contributed by atoms with Crippen molar-refractivity contribution in [2.45, 2.75) is 50.7 Å². The lowest BCUT2D eigenvalue weighted by atomic mass is 9.43. The van der Waals surface area contributed by atoms with Crippen molar-refractivity contribution in [3.05, 3.63) is 89.8 Å². The van der Waals surface area contributed by atoms with Gasteiger partial charge in [-0.15, -0.1) is 6.58 Å². The lowest BCUT2D eigenvalue weighted by Crippen LogP contribution is -2.74. The Balaban J connectivity index is 1.27. The first-order valence-corrected chi connectivity index (χ1v) is 14.6. The minimum Gasteiger partial charge on any atom is -0.349 e. The molecule has 3 aromatic heterocycles. The third-order valence-corrected chi connectivity index (χ3v) is 8.47. The summed E-state index contributed by atoms with van der Waals surface area (Å²) >= 11 is 0. The molecule has 0 saturated heterocycles. The van der Waals surface area contributed by atoms with Gasteiger partial charge in [0.1, 0.15) is 24.0 Å². The number of pyridine rings is 3. The summed E-state index contributed by atoms with van der Waals surface area (Å²) in [6, 6.07) is 6.86. The van der Waals surface area contributed by atoms with Gasteiger partial charge in [0.2, 0.25) is 17.7 Å². The maximum Gasteiger partial charge on any atom is 0.274 e. The third-order valence-electron chi connectivity index (χ3n) is 8.47. The van der Waals surface area contributed by atoms with Crippen molar-refractivity contribution in [3.63, 3.8) is 0 Å². The molecule has 4 amide bonds. The maximum atomic E-state index is 13.4. The number of hydrogen-bond acceptors (Lipinski definition) is 7. The van der Waals surface area contributed by atoms with Crippen LogP contribution in [-0.2, 0) is 20.9 Å². The average molecular weight is 598 g/mol. The minimum absolute atomic E-state index is 0.0286. The second-order valence-corrected chi connectivity index (χ2v) is 11.3. The van der Waals surface area contributed by atoms with Crippen LogP contribution in [0.4, 0.5) is 5.69 Å². The first kappa shape index (κ1) is 30.3. The highest BCUT2D eigenvalue weighted by molar-refractivity contribution is 6.01.